The molecule has 1 aliphatic heterocycles. The van der Waals surface area contributed by atoms with Gasteiger partial charge in [0.05, 0.1) is 0 Å². The van der Waals surface area contributed by atoms with E-state index >= 15 is 0 Å². The first-order valence-electron chi connectivity index (χ1n) is 8.50. The van der Waals surface area contributed by atoms with Gasteiger partial charge in [0.2, 0.25) is 10.0 Å². The maximum Gasteiger partial charge on any atom is 0.244 e. The van der Waals surface area contributed by atoms with Crippen molar-refractivity contribution in [3.05, 3.63) is 54.0 Å². The monoisotopic (exact) mass is 363 g/mol. The minimum Gasteiger partial charge on any atom is -0.370 e. The predicted octanol–water partition coefficient (Wildman–Crippen LogP) is 3.05. The van der Waals surface area contributed by atoms with Gasteiger partial charge in [0.25, 0.3) is 0 Å². The van der Waals surface area contributed by atoms with Crippen molar-refractivity contribution < 1.29 is 12.8 Å². The molecule has 3 rings (SSSR count). The molecule has 1 saturated heterocycles. The van der Waals surface area contributed by atoms with Crippen LogP contribution in [0.4, 0.5) is 10.2 Å². The zero-order chi connectivity index (χ0) is 17.7. The fourth-order valence-corrected chi connectivity index (χ4v) is 4.34. The largest absolute Gasteiger partial charge is 0.370 e. The number of rotatable bonds is 6. The third-order valence-corrected chi connectivity index (χ3v) is 6.20. The summed E-state index contributed by atoms with van der Waals surface area (Å²) in [7, 11) is -3.44. The van der Waals surface area contributed by atoms with E-state index in [1.165, 1.54) is 22.6 Å². The minimum absolute atomic E-state index is 0.235. The minimum atomic E-state index is -3.44. The number of hydrogen-bond acceptors (Lipinski definition) is 4. The van der Waals surface area contributed by atoms with Gasteiger partial charge < -0.3 is 5.32 Å². The van der Waals surface area contributed by atoms with Crippen LogP contribution in [0.3, 0.4) is 0 Å². The summed E-state index contributed by atoms with van der Waals surface area (Å²) in [6.45, 7) is 1.80. The Labute approximate surface area is 147 Å². The number of aromatic nitrogens is 1. The highest BCUT2D eigenvalue weighted by molar-refractivity contribution is 7.89. The molecule has 1 aromatic heterocycles. The molecule has 0 spiro atoms. The van der Waals surface area contributed by atoms with Gasteiger partial charge in [0.1, 0.15) is 16.5 Å². The molecule has 1 N–H and O–H groups in total. The van der Waals surface area contributed by atoms with Gasteiger partial charge in [-0.25, -0.2) is 17.8 Å². The summed E-state index contributed by atoms with van der Waals surface area (Å²) in [5.41, 5.74) is 1.03. The third-order valence-electron chi connectivity index (χ3n) is 4.32. The van der Waals surface area contributed by atoms with E-state index in [0.717, 1.165) is 31.2 Å². The van der Waals surface area contributed by atoms with Crippen molar-refractivity contribution in [2.75, 3.05) is 25.0 Å². The molecule has 1 aromatic carbocycles. The lowest BCUT2D eigenvalue weighted by molar-refractivity contribution is 0.346. The van der Waals surface area contributed by atoms with Gasteiger partial charge in [0, 0.05) is 25.8 Å². The number of nitrogens with one attached hydrogen (secondary N) is 1. The van der Waals surface area contributed by atoms with E-state index in [4.69, 9.17) is 0 Å². The van der Waals surface area contributed by atoms with Gasteiger partial charge in [0.15, 0.2) is 0 Å². The summed E-state index contributed by atoms with van der Waals surface area (Å²) >= 11 is 0. The zero-order valence-electron chi connectivity index (χ0n) is 14.0. The number of sulfonamides is 1. The van der Waals surface area contributed by atoms with E-state index in [2.05, 4.69) is 10.3 Å². The average Bonchev–Trinajstić information content (AvgIpc) is 2.64. The first kappa shape index (κ1) is 17.8. The fraction of sp³-hybridized carbons (Fsp3) is 0.389. The van der Waals surface area contributed by atoms with Crippen molar-refractivity contribution in [2.45, 2.75) is 30.6 Å². The van der Waals surface area contributed by atoms with Gasteiger partial charge in [-0.2, -0.15) is 4.31 Å². The second-order valence-electron chi connectivity index (χ2n) is 6.15. The summed E-state index contributed by atoms with van der Waals surface area (Å²) in [4.78, 5) is 4.44. The molecule has 2 aromatic rings. The molecule has 0 saturated carbocycles. The van der Waals surface area contributed by atoms with Crippen molar-refractivity contribution in [1.29, 1.82) is 0 Å². The van der Waals surface area contributed by atoms with Crippen LogP contribution in [0, 0.1) is 5.82 Å². The maximum atomic E-state index is 12.9. The molecule has 134 valence electrons. The molecule has 1 fully saturated rings. The van der Waals surface area contributed by atoms with Crippen LogP contribution < -0.4 is 5.32 Å². The molecule has 7 heteroatoms. The Kier molecular flexibility index (Phi) is 5.65. The van der Waals surface area contributed by atoms with Gasteiger partial charge in [-0.1, -0.05) is 18.6 Å². The van der Waals surface area contributed by atoms with Gasteiger partial charge in [-0.05, 0) is 49.1 Å². The lowest BCUT2D eigenvalue weighted by Gasteiger charge is -2.25. The van der Waals surface area contributed by atoms with E-state index in [1.54, 1.807) is 24.3 Å². The normalized spacial score (nSPS) is 15.9. The molecule has 0 unspecified atom stereocenters. The van der Waals surface area contributed by atoms with Crippen molar-refractivity contribution in [3.8, 4) is 0 Å². The molecule has 0 bridgehead atoms. The Morgan fingerprint density at radius 3 is 2.40 bits per heavy atom. The fourth-order valence-electron chi connectivity index (χ4n) is 2.88. The van der Waals surface area contributed by atoms with Gasteiger partial charge in [-0.3, -0.25) is 0 Å². The highest BCUT2D eigenvalue weighted by Gasteiger charge is 2.25. The Balaban J connectivity index is 1.57. The number of anilines is 1. The first-order chi connectivity index (χ1) is 12.1. The molecule has 25 heavy (non-hydrogen) atoms. The number of pyridine rings is 1. The van der Waals surface area contributed by atoms with E-state index in [0.29, 0.717) is 25.5 Å². The summed E-state index contributed by atoms with van der Waals surface area (Å²) in [6, 6.07) is 9.65. The quantitative estimate of drug-likeness (QED) is 0.857. The van der Waals surface area contributed by atoms with Gasteiger partial charge in [-0.15, -0.1) is 0 Å². The van der Waals surface area contributed by atoms with E-state index < -0.39 is 10.0 Å². The molecule has 0 atom stereocenters. The number of halogens is 1. The zero-order valence-corrected chi connectivity index (χ0v) is 14.8. The summed E-state index contributed by atoms with van der Waals surface area (Å²) in [5, 5.41) is 3.15. The molecule has 1 aliphatic rings. The SMILES string of the molecule is O=S(=O)(c1ccc(NCCc2ccc(F)cc2)nc1)N1CCCCC1. The third kappa shape index (κ3) is 4.55. The van der Waals surface area contributed by atoms with Crippen molar-refractivity contribution in [3.63, 3.8) is 0 Å². The van der Waals surface area contributed by atoms with Crippen LogP contribution in [-0.2, 0) is 16.4 Å². The topological polar surface area (TPSA) is 62.3 Å². The predicted molar refractivity (Wildman–Crippen MR) is 95.4 cm³/mol. The number of hydrogen-bond donors (Lipinski definition) is 1. The van der Waals surface area contributed by atoms with Crippen LogP contribution in [0.25, 0.3) is 0 Å². The van der Waals surface area contributed by atoms with E-state index in [-0.39, 0.29) is 10.7 Å². The van der Waals surface area contributed by atoms with Crippen molar-refractivity contribution in [1.82, 2.24) is 9.29 Å². The summed E-state index contributed by atoms with van der Waals surface area (Å²) < 4.78 is 39.5. The molecular formula is C18H22FN3O2S. The van der Waals surface area contributed by atoms with Crippen molar-refractivity contribution >= 4 is 15.8 Å². The standard InChI is InChI=1S/C18H22FN3O2S/c19-16-6-4-15(5-7-16)10-11-20-18-9-8-17(14-21-18)25(23,24)22-12-2-1-3-13-22/h4-9,14H,1-3,10-13H2,(H,20,21). The van der Waals surface area contributed by atoms with E-state index in [9.17, 15) is 12.8 Å². The lowest BCUT2D eigenvalue weighted by atomic mass is 10.1. The average molecular weight is 363 g/mol. The first-order valence-corrected chi connectivity index (χ1v) is 9.94. The molecular weight excluding hydrogens is 341 g/mol. The maximum absolute atomic E-state index is 12.9. The highest BCUT2D eigenvalue weighted by atomic mass is 32.2. The van der Waals surface area contributed by atoms with Crippen LogP contribution in [0.15, 0.2) is 47.5 Å². The summed E-state index contributed by atoms with van der Waals surface area (Å²) in [5.74, 6) is 0.378. The highest BCUT2D eigenvalue weighted by Crippen LogP contribution is 2.20. The van der Waals surface area contributed by atoms with Crippen LogP contribution in [0.2, 0.25) is 0 Å². The van der Waals surface area contributed by atoms with Crippen LogP contribution in [-0.4, -0.2) is 37.3 Å². The molecule has 0 aliphatic carbocycles. The smallest absolute Gasteiger partial charge is 0.244 e. The van der Waals surface area contributed by atoms with E-state index in [1.807, 2.05) is 0 Å². The second-order valence-corrected chi connectivity index (χ2v) is 8.09. The Morgan fingerprint density at radius 1 is 1.04 bits per heavy atom. The second kappa shape index (κ2) is 7.93. The van der Waals surface area contributed by atoms with Crippen LogP contribution >= 0.6 is 0 Å². The Hall–Kier alpha value is -1.99. The Bertz CT molecular complexity index is 786. The number of nitrogens with zero attached hydrogens (tertiary/aromatic N) is 2. The lowest BCUT2D eigenvalue weighted by Crippen LogP contribution is -2.35. The number of piperidine rings is 1. The molecule has 2 heterocycles. The summed E-state index contributed by atoms with van der Waals surface area (Å²) in [6.07, 6.45) is 5.05. The van der Waals surface area contributed by atoms with Crippen molar-refractivity contribution in [2.24, 2.45) is 0 Å². The molecule has 5 nitrogen and oxygen atoms in total. The van der Waals surface area contributed by atoms with Crippen LogP contribution in [0.1, 0.15) is 24.8 Å². The van der Waals surface area contributed by atoms with Crippen LogP contribution in [0.5, 0.6) is 0 Å². The Morgan fingerprint density at radius 2 is 1.76 bits per heavy atom. The van der Waals surface area contributed by atoms with Gasteiger partial charge >= 0.3 is 0 Å². The number of benzene rings is 1. The molecule has 0 amide bonds. The molecule has 0 radical (unpaired) electrons.